The van der Waals surface area contributed by atoms with Crippen molar-refractivity contribution < 1.29 is 19.8 Å². The first-order valence-electron chi connectivity index (χ1n) is 6.28. The first kappa shape index (κ1) is 16.9. The number of nitrogens with one attached hydrogen (secondary N) is 1. The number of nitrogens with two attached hydrogens (primary N) is 1. The van der Waals surface area contributed by atoms with Crippen LogP contribution in [0.25, 0.3) is 0 Å². The van der Waals surface area contributed by atoms with Crippen molar-refractivity contribution in [2.45, 2.75) is 51.6 Å². The van der Waals surface area contributed by atoms with E-state index in [1.54, 1.807) is 0 Å². The number of unbranched alkanes of at least 4 members (excludes halogenated alkanes) is 1. The maximum Gasteiger partial charge on any atom is 0.326 e. The summed E-state index contributed by atoms with van der Waals surface area (Å²) in [7, 11) is 0. The fourth-order valence-corrected chi connectivity index (χ4v) is 1.61. The van der Waals surface area contributed by atoms with Gasteiger partial charge in [-0.3, -0.25) is 4.79 Å². The van der Waals surface area contributed by atoms with Gasteiger partial charge in [-0.15, -0.1) is 0 Å². The molecule has 106 valence electrons. The molecule has 0 saturated heterocycles. The number of carbonyl (C=O) groups is 2. The lowest BCUT2D eigenvalue weighted by Gasteiger charge is -2.18. The highest BCUT2D eigenvalue weighted by Gasteiger charge is 2.23. The SMILES string of the molecule is CC(C)CC(N)C(=O)NC(CCCCO)C(=O)O. The average Bonchev–Trinajstić information content (AvgIpc) is 2.26. The zero-order chi connectivity index (χ0) is 14.1. The Hall–Kier alpha value is -1.14. The van der Waals surface area contributed by atoms with Crippen LogP contribution in [-0.4, -0.2) is 40.8 Å². The number of aliphatic carboxylic acids is 1. The van der Waals surface area contributed by atoms with Crippen molar-refractivity contribution in [3.05, 3.63) is 0 Å². The molecule has 18 heavy (non-hydrogen) atoms. The molecule has 5 N–H and O–H groups in total. The molecule has 1 amide bonds. The Kier molecular flexibility index (Phi) is 8.32. The van der Waals surface area contributed by atoms with Gasteiger partial charge in [0, 0.05) is 6.61 Å². The van der Waals surface area contributed by atoms with Crippen LogP contribution in [0.1, 0.15) is 39.5 Å². The van der Waals surface area contributed by atoms with Crippen LogP contribution < -0.4 is 11.1 Å². The van der Waals surface area contributed by atoms with Crippen molar-refractivity contribution in [1.82, 2.24) is 5.32 Å². The Balaban J connectivity index is 4.22. The predicted octanol–water partition coefficient (Wildman–Crippen LogP) is 0.0918. The number of amides is 1. The molecule has 0 bridgehead atoms. The standard InChI is InChI=1S/C12H24N2O4/c1-8(2)7-9(13)11(16)14-10(12(17)18)5-3-4-6-15/h8-10,15H,3-7,13H2,1-2H3,(H,14,16)(H,17,18). The number of carbonyl (C=O) groups excluding carboxylic acids is 1. The van der Waals surface area contributed by atoms with Crippen molar-refractivity contribution in [3.63, 3.8) is 0 Å². The number of carboxylic acid groups (broad SMARTS) is 1. The Morgan fingerprint density at radius 1 is 1.28 bits per heavy atom. The van der Waals surface area contributed by atoms with Crippen LogP contribution in [0.5, 0.6) is 0 Å². The van der Waals surface area contributed by atoms with Gasteiger partial charge in [0.15, 0.2) is 0 Å². The zero-order valence-electron chi connectivity index (χ0n) is 11.1. The maximum absolute atomic E-state index is 11.7. The molecule has 6 heteroatoms. The van der Waals surface area contributed by atoms with Crippen LogP contribution in [0.4, 0.5) is 0 Å². The topological polar surface area (TPSA) is 113 Å². The van der Waals surface area contributed by atoms with Gasteiger partial charge in [0.25, 0.3) is 0 Å². The Morgan fingerprint density at radius 3 is 2.33 bits per heavy atom. The lowest BCUT2D eigenvalue weighted by atomic mass is 10.0. The molecular formula is C12H24N2O4. The highest BCUT2D eigenvalue weighted by atomic mass is 16.4. The molecule has 0 aliphatic carbocycles. The lowest BCUT2D eigenvalue weighted by Crippen LogP contribution is -2.48. The maximum atomic E-state index is 11.7. The van der Waals surface area contributed by atoms with Gasteiger partial charge in [-0.05, 0) is 31.6 Å². The first-order valence-corrected chi connectivity index (χ1v) is 6.28. The van der Waals surface area contributed by atoms with Crippen LogP contribution in [0.3, 0.4) is 0 Å². The molecule has 0 rings (SSSR count). The van der Waals surface area contributed by atoms with Gasteiger partial charge in [0.2, 0.25) is 5.91 Å². The molecule has 6 nitrogen and oxygen atoms in total. The molecule has 0 aromatic rings. The van der Waals surface area contributed by atoms with Crippen molar-refractivity contribution in [1.29, 1.82) is 0 Å². The Morgan fingerprint density at radius 2 is 1.89 bits per heavy atom. The van der Waals surface area contributed by atoms with Gasteiger partial charge < -0.3 is 21.3 Å². The molecule has 0 spiro atoms. The summed E-state index contributed by atoms with van der Waals surface area (Å²) in [5.41, 5.74) is 5.68. The second kappa shape index (κ2) is 8.88. The summed E-state index contributed by atoms with van der Waals surface area (Å²) < 4.78 is 0. The smallest absolute Gasteiger partial charge is 0.326 e. The van der Waals surface area contributed by atoms with E-state index in [1.165, 1.54) is 0 Å². The number of hydrogen-bond acceptors (Lipinski definition) is 4. The van der Waals surface area contributed by atoms with E-state index in [1.807, 2.05) is 13.8 Å². The summed E-state index contributed by atoms with van der Waals surface area (Å²) in [6.45, 7) is 3.92. The van der Waals surface area contributed by atoms with Crippen LogP contribution in [0, 0.1) is 5.92 Å². The van der Waals surface area contributed by atoms with Gasteiger partial charge >= 0.3 is 5.97 Å². The largest absolute Gasteiger partial charge is 0.480 e. The molecule has 0 fully saturated rings. The van der Waals surface area contributed by atoms with Gasteiger partial charge in [-0.1, -0.05) is 13.8 Å². The van der Waals surface area contributed by atoms with Crippen molar-refractivity contribution in [3.8, 4) is 0 Å². The summed E-state index contributed by atoms with van der Waals surface area (Å²) in [6.07, 6.45) is 1.90. The van der Waals surface area contributed by atoms with Gasteiger partial charge in [0.1, 0.15) is 6.04 Å². The van der Waals surface area contributed by atoms with Gasteiger partial charge in [0.05, 0.1) is 6.04 Å². The summed E-state index contributed by atoms with van der Waals surface area (Å²) in [4.78, 5) is 22.6. The van der Waals surface area contributed by atoms with Gasteiger partial charge in [-0.25, -0.2) is 4.79 Å². The van der Waals surface area contributed by atoms with E-state index in [9.17, 15) is 9.59 Å². The minimum Gasteiger partial charge on any atom is -0.480 e. The molecule has 2 atom stereocenters. The third-order valence-electron chi connectivity index (χ3n) is 2.58. The third-order valence-corrected chi connectivity index (χ3v) is 2.58. The Bertz CT molecular complexity index is 269. The first-order chi connectivity index (χ1) is 8.38. The quantitative estimate of drug-likeness (QED) is 0.439. The normalized spacial score (nSPS) is 14.3. The molecule has 0 aliphatic heterocycles. The molecule has 0 saturated carbocycles. The molecule has 0 aliphatic rings. The van der Waals surface area contributed by atoms with Crippen LogP contribution >= 0.6 is 0 Å². The van der Waals surface area contributed by atoms with E-state index in [4.69, 9.17) is 15.9 Å². The third kappa shape index (κ3) is 7.24. The van der Waals surface area contributed by atoms with E-state index >= 15 is 0 Å². The second-order valence-corrected chi connectivity index (χ2v) is 4.85. The second-order valence-electron chi connectivity index (χ2n) is 4.85. The predicted molar refractivity (Wildman–Crippen MR) is 67.9 cm³/mol. The van der Waals surface area contributed by atoms with Crippen LogP contribution in [0.2, 0.25) is 0 Å². The summed E-state index contributed by atoms with van der Waals surface area (Å²) in [6, 6.07) is -1.60. The summed E-state index contributed by atoms with van der Waals surface area (Å²) >= 11 is 0. The number of carboxylic acids is 1. The van der Waals surface area contributed by atoms with Crippen LogP contribution in [0.15, 0.2) is 0 Å². The van der Waals surface area contributed by atoms with Crippen LogP contribution in [-0.2, 0) is 9.59 Å². The van der Waals surface area contributed by atoms with Crippen molar-refractivity contribution in [2.24, 2.45) is 11.7 Å². The lowest BCUT2D eigenvalue weighted by molar-refractivity contribution is -0.142. The van der Waals surface area contributed by atoms with E-state index < -0.39 is 24.0 Å². The summed E-state index contributed by atoms with van der Waals surface area (Å²) in [5, 5.41) is 20.0. The molecule has 0 aromatic carbocycles. The monoisotopic (exact) mass is 260 g/mol. The number of aliphatic hydroxyl groups is 1. The zero-order valence-corrected chi connectivity index (χ0v) is 11.1. The average molecular weight is 260 g/mol. The van der Waals surface area contributed by atoms with Crippen molar-refractivity contribution >= 4 is 11.9 Å². The van der Waals surface area contributed by atoms with E-state index in [0.717, 1.165) is 0 Å². The minimum atomic E-state index is -1.07. The highest BCUT2D eigenvalue weighted by molar-refractivity contribution is 5.86. The Labute approximate surface area is 108 Å². The molecule has 0 radical (unpaired) electrons. The number of rotatable bonds is 9. The number of hydrogen-bond donors (Lipinski definition) is 4. The molecular weight excluding hydrogens is 236 g/mol. The molecule has 2 unspecified atom stereocenters. The number of aliphatic hydroxyl groups excluding tert-OH is 1. The fourth-order valence-electron chi connectivity index (χ4n) is 1.61. The fraction of sp³-hybridized carbons (Fsp3) is 0.833. The van der Waals surface area contributed by atoms with E-state index in [2.05, 4.69) is 5.32 Å². The van der Waals surface area contributed by atoms with Crippen molar-refractivity contribution in [2.75, 3.05) is 6.61 Å². The van der Waals surface area contributed by atoms with E-state index in [0.29, 0.717) is 25.7 Å². The molecule has 0 heterocycles. The minimum absolute atomic E-state index is 0.0210. The molecule has 0 aromatic heterocycles. The highest BCUT2D eigenvalue weighted by Crippen LogP contribution is 2.05. The van der Waals surface area contributed by atoms with E-state index in [-0.39, 0.29) is 12.5 Å². The van der Waals surface area contributed by atoms with Gasteiger partial charge in [-0.2, -0.15) is 0 Å². The summed E-state index contributed by atoms with van der Waals surface area (Å²) in [5.74, 6) is -1.22.